The van der Waals surface area contributed by atoms with Gasteiger partial charge in [-0.3, -0.25) is 14.3 Å². The summed E-state index contributed by atoms with van der Waals surface area (Å²) in [6.07, 6.45) is 4.42. The van der Waals surface area contributed by atoms with Gasteiger partial charge < -0.3 is 14.6 Å². The van der Waals surface area contributed by atoms with Gasteiger partial charge >= 0.3 is 0 Å². The van der Waals surface area contributed by atoms with E-state index in [2.05, 4.69) is 15.1 Å². The molecule has 1 N–H and O–H groups in total. The number of hydrogen-bond donors (Lipinski definition) is 1. The van der Waals surface area contributed by atoms with E-state index in [0.717, 1.165) is 13.0 Å². The van der Waals surface area contributed by atoms with Gasteiger partial charge in [-0.2, -0.15) is 5.10 Å². The molecule has 8 heteroatoms. The van der Waals surface area contributed by atoms with E-state index in [-0.39, 0.29) is 17.6 Å². The second-order valence-corrected chi connectivity index (χ2v) is 5.84. The van der Waals surface area contributed by atoms with Crippen molar-refractivity contribution in [2.75, 3.05) is 19.7 Å². The molecule has 24 heavy (non-hydrogen) atoms. The second kappa shape index (κ2) is 7.39. The van der Waals surface area contributed by atoms with Gasteiger partial charge in [0.05, 0.1) is 13.2 Å². The molecule has 1 saturated heterocycles. The number of aromatic nitrogens is 4. The summed E-state index contributed by atoms with van der Waals surface area (Å²) in [5.74, 6) is 0.569. The quantitative estimate of drug-likeness (QED) is 0.868. The van der Waals surface area contributed by atoms with Gasteiger partial charge in [-0.25, -0.2) is 4.98 Å². The molecule has 128 valence electrons. The monoisotopic (exact) mass is 331 g/mol. The molecule has 2 aromatic heterocycles. The zero-order chi connectivity index (χ0) is 16.9. The van der Waals surface area contributed by atoms with Crippen LogP contribution in [0, 0.1) is 6.92 Å². The molecular weight excluding hydrogens is 310 g/mol. The van der Waals surface area contributed by atoms with Crippen LogP contribution in [0.15, 0.2) is 29.3 Å². The molecule has 0 spiro atoms. The van der Waals surface area contributed by atoms with Crippen molar-refractivity contribution in [2.45, 2.75) is 32.4 Å². The van der Waals surface area contributed by atoms with Crippen LogP contribution in [-0.2, 0) is 16.1 Å². The SMILES string of the molecule is Cc1cc(=O)[nH]c(C2CN(C(=O)CCCn3cccn3)CCO2)n1. The van der Waals surface area contributed by atoms with E-state index in [0.29, 0.717) is 37.6 Å². The zero-order valence-corrected chi connectivity index (χ0v) is 13.6. The Morgan fingerprint density at radius 3 is 3.12 bits per heavy atom. The number of morpholine rings is 1. The van der Waals surface area contributed by atoms with Gasteiger partial charge in [-0.1, -0.05) is 0 Å². The van der Waals surface area contributed by atoms with Crippen molar-refractivity contribution >= 4 is 5.91 Å². The number of nitrogens with zero attached hydrogens (tertiary/aromatic N) is 4. The Hall–Kier alpha value is -2.48. The zero-order valence-electron chi connectivity index (χ0n) is 13.6. The van der Waals surface area contributed by atoms with Gasteiger partial charge in [0, 0.05) is 43.7 Å². The topological polar surface area (TPSA) is 93.1 Å². The number of aryl methyl sites for hydroxylation is 2. The molecule has 3 heterocycles. The average Bonchev–Trinajstić information content (AvgIpc) is 3.07. The summed E-state index contributed by atoms with van der Waals surface area (Å²) in [6.45, 7) is 3.90. The number of amides is 1. The van der Waals surface area contributed by atoms with E-state index in [1.54, 1.807) is 18.0 Å². The summed E-state index contributed by atoms with van der Waals surface area (Å²) in [5, 5.41) is 4.12. The maximum absolute atomic E-state index is 12.4. The molecule has 0 radical (unpaired) electrons. The second-order valence-electron chi connectivity index (χ2n) is 5.84. The third kappa shape index (κ3) is 4.08. The van der Waals surface area contributed by atoms with Crippen LogP contribution >= 0.6 is 0 Å². The van der Waals surface area contributed by atoms with E-state index < -0.39 is 0 Å². The molecule has 0 bridgehead atoms. The maximum Gasteiger partial charge on any atom is 0.251 e. The van der Waals surface area contributed by atoms with Crippen molar-refractivity contribution in [3.05, 3.63) is 46.4 Å². The number of hydrogen-bond acceptors (Lipinski definition) is 5. The minimum absolute atomic E-state index is 0.0884. The highest BCUT2D eigenvalue weighted by Gasteiger charge is 2.26. The fraction of sp³-hybridized carbons (Fsp3) is 0.500. The molecule has 8 nitrogen and oxygen atoms in total. The van der Waals surface area contributed by atoms with Gasteiger partial charge in [0.1, 0.15) is 11.9 Å². The van der Waals surface area contributed by atoms with Gasteiger partial charge in [0.2, 0.25) is 5.91 Å². The number of aromatic amines is 1. The van der Waals surface area contributed by atoms with Crippen LogP contribution in [0.5, 0.6) is 0 Å². The van der Waals surface area contributed by atoms with Crippen molar-refractivity contribution < 1.29 is 9.53 Å². The van der Waals surface area contributed by atoms with Crippen LogP contribution in [0.25, 0.3) is 0 Å². The molecule has 1 amide bonds. The smallest absolute Gasteiger partial charge is 0.251 e. The number of carbonyl (C=O) groups is 1. The molecule has 0 aromatic carbocycles. The van der Waals surface area contributed by atoms with Gasteiger partial charge in [-0.05, 0) is 19.4 Å². The van der Waals surface area contributed by atoms with Crippen molar-refractivity contribution in [2.24, 2.45) is 0 Å². The first kappa shape index (κ1) is 16.4. The molecule has 1 aliphatic rings. The van der Waals surface area contributed by atoms with Crippen LogP contribution in [0.3, 0.4) is 0 Å². The Morgan fingerprint density at radius 1 is 1.50 bits per heavy atom. The van der Waals surface area contributed by atoms with Gasteiger partial charge in [0.15, 0.2) is 0 Å². The fourth-order valence-corrected chi connectivity index (χ4v) is 2.78. The first-order valence-electron chi connectivity index (χ1n) is 8.06. The summed E-state index contributed by atoms with van der Waals surface area (Å²) < 4.78 is 7.49. The summed E-state index contributed by atoms with van der Waals surface area (Å²) in [7, 11) is 0. The first-order valence-corrected chi connectivity index (χ1v) is 8.06. The van der Waals surface area contributed by atoms with E-state index in [1.165, 1.54) is 6.07 Å². The Kier molecular flexibility index (Phi) is 5.05. The highest BCUT2D eigenvalue weighted by Crippen LogP contribution is 2.19. The Balaban J connectivity index is 1.56. The highest BCUT2D eigenvalue weighted by molar-refractivity contribution is 5.76. The predicted octanol–water partition coefficient (Wildman–Crippen LogP) is 0.655. The Labute approximate surface area is 139 Å². The van der Waals surface area contributed by atoms with Crippen LogP contribution in [-0.4, -0.2) is 50.3 Å². The lowest BCUT2D eigenvalue weighted by atomic mass is 10.2. The lowest BCUT2D eigenvalue weighted by Crippen LogP contribution is -2.43. The minimum atomic E-state index is -0.388. The summed E-state index contributed by atoms with van der Waals surface area (Å²) in [5.41, 5.74) is 0.434. The summed E-state index contributed by atoms with van der Waals surface area (Å²) in [6, 6.07) is 3.30. The Morgan fingerprint density at radius 2 is 2.38 bits per heavy atom. The Bertz CT molecular complexity index is 740. The molecule has 2 aromatic rings. The van der Waals surface area contributed by atoms with Crippen LogP contribution in [0.2, 0.25) is 0 Å². The largest absolute Gasteiger partial charge is 0.367 e. The standard InChI is InChI=1S/C16H21N5O3/c1-12-10-14(22)19-16(18-12)13-11-20(8-9-24-13)15(23)4-2-6-21-7-3-5-17-21/h3,5,7,10,13H,2,4,6,8-9,11H2,1H3,(H,18,19,22). The number of rotatable bonds is 5. The van der Waals surface area contributed by atoms with Crippen molar-refractivity contribution in [1.82, 2.24) is 24.6 Å². The van der Waals surface area contributed by atoms with Gasteiger partial charge in [0.25, 0.3) is 5.56 Å². The van der Waals surface area contributed by atoms with Crippen molar-refractivity contribution in [3.63, 3.8) is 0 Å². The molecular formula is C16H21N5O3. The predicted molar refractivity (Wildman–Crippen MR) is 86.3 cm³/mol. The first-order chi connectivity index (χ1) is 11.6. The van der Waals surface area contributed by atoms with Crippen LogP contribution in [0.1, 0.15) is 30.5 Å². The number of H-pyrrole nitrogens is 1. The number of nitrogens with one attached hydrogen (secondary N) is 1. The molecule has 0 saturated carbocycles. The normalized spacial score (nSPS) is 17.9. The molecule has 1 aliphatic heterocycles. The van der Waals surface area contributed by atoms with Crippen LogP contribution in [0.4, 0.5) is 0 Å². The lowest BCUT2D eigenvalue weighted by Gasteiger charge is -2.32. The van der Waals surface area contributed by atoms with E-state index in [9.17, 15) is 9.59 Å². The third-order valence-corrected chi connectivity index (χ3v) is 3.95. The minimum Gasteiger partial charge on any atom is -0.367 e. The number of ether oxygens (including phenoxy) is 1. The van der Waals surface area contributed by atoms with E-state index in [4.69, 9.17) is 4.74 Å². The fourth-order valence-electron chi connectivity index (χ4n) is 2.78. The molecule has 3 rings (SSSR count). The summed E-state index contributed by atoms with van der Waals surface area (Å²) in [4.78, 5) is 32.8. The summed E-state index contributed by atoms with van der Waals surface area (Å²) >= 11 is 0. The molecule has 0 aliphatic carbocycles. The molecule has 1 atom stereocenters. The van der Waals surface area contributed by atoms with Crippen molar-refractivity contribution in [3.8, 4) is 0 Å². The lowest BCUT2D eigenvalue weighted by molar-refractivity contribution is -0.139. The van der Waals surface area contributed by atoms with Crippen molar-refractivity contribution in [1.29, 1.82) is 0 Å². The van der Waals surface area contributed by atoms with Crippen LogP contribution < -0.4 is 5.56 Å². The van der Waals surface area contributed by atoms with Gasteiger partial charge in [-0.15, -0.1) is 0 Å². The molecule has 1 fully saturated rings. The highest BCUT2D eigenvalue weighted by atomic mass is 16.5. The van der Waals surface area contributed by atoms with E-state index >= 15 is 0 Å². The molecule has 1 unspecified atom stereocenters. The average molecular weight is 331 g/mol. The maximum atomic E-state index is 12.4. The number of carbonyl (C=O) groups excluding carboxylic acids is 1. The van der Waals surface area contributed by atoms with E-state index in [1.807, 2.05) is 16.9 Å². The third-order valence-electron chi connectivity index (χ3n) is 3.95.